The number of H-pyrrole nitrogens is 2. The van der Waals surface area contributed by atoms with Gasteiger partial charge in [-0.1, -0.05) is 19.1 Å². The summed E-state index contributed by atoms with van der Waals surface area (Å²) in [6, 6.07) is 9.68. The lowest BCUT2D eigenvalue weighted by molar-refractivity contribution is -0.116. The second-order valence-electron chi connectivity index (χ2n) is 4.88. The number of benzene rings is 1. The first-order valence-electron chi connectivity index (χ1n) is 7.02. The summed E-state index contributed by atoms with van der Waals surface area (Å²) in [4.78, 5) is 19.6. The number of rotatable bonds is 5. The van der Waals surface area contributed by atoms with Crippen molar-refractivity contribution in [1.82, 2.24) is 20.2 Å². The number of aromatic amines is 2. The molecule has 3 N–H and O–H groups in total. The predicted molar refractivity (Wildman–Crippen MR) is 81.0 cm³/mol. The number of fused-ring (bicyclic) bond motifs is 1. The summed E-state index contributed by atoms with van der Waals surface area (Å²) in [7, 11) is 0. The number of hydrogen-bond acceptors (Lipinski definition) is 3. The van der Waals surface area contributed by atoms with E-state index in [1.165, 1.54) is 0 Å². The minimum absolute atomic E-state index is 0.0652. The Bertz CT molecular complexity index is 725. The Morgan fingerprint density at radius 2 is 2.19 bits per heavy atom. The van der Waals surface area contributed by atoms with Gasteiger partial charge < -0.3 is 10.3 Å². The molecule has 1 amide bonds. The van der Waals surface area contributed by atoms with Crippen LogP contribution in [0.3, 0.4) is 0 Å². The summed E-state index contributed by atoms with van der Waals surface area (Å²) < 4.78 is 0. The zero-order valence-corrected chi connectivity index (χ0v) is 11.8. The number of hydrogen-bond donors (Lipinski definition) is 3. The lowest BCUT2D eigenvalue weighted by Crippen LogP contribution is -2.12. The Hall–Kier alpha value is -2.63. The summed E-state index contributed by atoms with van der Waals surface area (Å²) in [6.45, 7) is 2.03. The van der Waals surface area contributed by atoms with Gasteiger partial charge in [0.25, 0.3) is 0 Å². The molecule has 0 aliphatic heterocycles. The fourth-order valence-corrected chi connectivity index (χ4v) is 2.17. The van der Waals surface area contributed by atoms with Crippen LogP contribution in [0.1, 0.15) is 24.9 Å². The maximum Gasteiger partial charge on any atom is 0.226 e. The molecule has 1 aromatic carbocycles. The van der Waals surface area contributed by atoms with Crippen molar-refractivity contribution in [2.75, 3.05) is 5.32 Å². The SMILES string of the molecule is CCc1cc(NC(=O)CCc2nc3ccccc3[nH]2)n[nH]1. The average molecular weight is 283 g/mol. The summed E-state index contributed by atoms with van der Waals surface area (Å²) >= 11 is 0. The van der Waals surface area contributed by atoms with E-state index in [1.807, 2.05) is 37.3 Å². The fourth-order valence-electron chi connectivity index (χ4n) is 2.17. The van der Waals surface area contributed by atoms with Crippen LogP contribution >= 0.6 is 0 Å². The smallest absolute Gasteiger partial charge is 0.226 e. The highest BCUT2D eigenvalue weighted by Crippen LogP contribution is 2.12. The fraction of sp³-hybridized carbons (Fsp3) is 0.267. The molecule has 0 aliphatic rings. The van der Waals surface area contributed by atoms with Crippen LogP contribution in [0.2, 0.25) is 0 Å². The molecule has 6 heteroatoms. The molecular formula is C15H17N5O. The van der Waals surface area contributed by atoms with E-state index in [4.69, 9.17) is 0 Å². The van der Waals surface area contributed by atoms with Gasteiger partial charge in [-0.2, -0.15) is 5.10 Å². The van der Waals surface area contributed by atoms with Crippen LogP contribution in [-0.4, -0.2) is 26.1 Å². The first-order chi connectivity index (χ1) is 10.2. The number of amides is 1. The minimum Gasteiger partial charge on any atom is -0.342 e. The Kier molecular flexibility index (Phi) is 3.68. The summed E-state index contributed by atoms with van der Waals surface area (Å²) in [5.74, 6) is 1.33. The van der Waals surface area contributed by atoms with Gasteiger partial charge in [-0.05, 0) is 18.6 Å². The van der Waals surface area contributed by atoms with E-state index in [9.17, 15) is 4.79 Å². The maximum absolute atomic E-state index is 11.9. The number of imidazole rings is 1. The number of para-hydroxylation sites is 2. The molecule has 108 valence electrons. The molecule has 6 nitrogen and oxygen atoms in total. The average Bonchev–Trinajstić information content (AvgIpc) is 3.10. The third kappa shape index (κ3) is 3.10. The number of nitrogens with one attached hydrogen (secondary N) is 3. The zero-order chi connectivity index (χ0) is 14.7. The Labute approximate surface area is 122 Å². The van der Waals surface area contributed by atoms with Gasteiger partial charge in [-0.3, -0.25) is 9.89 Å². The molecule has 2 aromatic heterocycles. The maximum atomic E-state index is 11.9. The number of aryl methyl sites for hydroxylation is 2. The standard InChI is InChI=1S/C15H17N5O/c1-2-10-9-14(20-19-10)18-15(21)8-7-13-16-11-5-3-4-6-12(11)17-13/h3-6,9H,2,7-8H2,1H3,(H,16,17)(H2,18,19,20,21). The highest BCUT2D eigenvalue weighted by Gasteiger charge is 2.08. The molecule has 0 radical (unpaired) electrons. The van der Waals surface area contributed by atoms with Gasteiger partial charge in [0.2, 0.25) is 5.91 Å². The van der Waals surface area contributed by atoms with Crippen molar-refractivity contribution < 1.29 is 4.79 Å². The van der Waals surface area contributed by atoms with Gasteiger partial charge in [0, 0.05) is 24.6 Å². The van der Waals surface area contributed by atoms with Crippen LogP contribution in [0.15, 0.2) is 30.3 Å². The van der Waals surface area contributed by atoms with Crippen molar-refractivity contribution in [2.45, 2.75) is 26.2 Å². The van der Waals surface area contributed by atoms with Crippen molar-refractivity contribution in [3.05, 3.63) is 41.9 Å². The van der Waals surface area contributed by atoms with Crippen molar-refractivity contribution in [3.8, 4) is 0 Å². The van der Waals surface area contributed by atoms with E-state index < -0.39 is 0 Å². The van der Waals surface area contributed by atoms with Crippen molar-refractivity contribution >= 4 is 22.8 Å². The van der Waals surface area contributed by atoms with E-state index in [0.717, 1.165) is 29.0 Å². The molecule has 21 heavy (non-hydrogen) atoms. The van der Waals surface area contributed by atoms with Gasteiger partial charge >= 0.3 is 0 Å². The van der Waals surface area contributed by atoms with E-state index in [0.29, 0.717) is 18.7 Å². The number of anilines is 1. The second-order valence-corrected chi connectivity index (χ2v) is 4.88. The first-order valence-corrected chi connectivity index (χ1v) is 7.02. The minimum atomic E-state index is -0.0652. The summed E-state index contributed by atoms with van der Waals surface area (Å²) in [6.07, 6.45) is 1.81. The van der Waals surface area contributed by atoms with Crippen molar-refractivity contribution in [2.24, 2.45) is 0 Å². The van der Waals surface area contributed by atoms with Gasteiger partial charge in [0.15, 0.2) is 5.82 Å². The molecule has 0 atom stereocenters. The van der Waals surface area contributed by atoms with E-state index in [1.54, 1.807) is 0 Å². The Morgan fingerprint density at radius 1 is 1.33 bits per heavy atom. The molecule has 0 saturated heterocycles. The monoisotopic (exact) mass is 283 g/mol. The molecule has 3 aromatic rings. The van der Waals surface area contributed by atoms with Gasteiger partial charge in [0.05, 0.1) is 11.0 Å². The summed E-state index contributed by atoms with van der Waals surface area (Å²) in [5, 5.41) is 9.68. The molecule has 3 rings (SSSR count). The third-order valence-corrected chi connectivity index (χ3v) is 3.31. The Balaban J connectivity index is 1.57. The Morgan fingerprint density at radius 3 is 2.95 bits per heavy atom. The molecule has 0 spiro atoms. The van der Waals surface area contributed by atoms with Crippen LogP contribution in [0.5, 0.6) is 0 Å². The predicted octanol–water partition coefficient (Wildman–Crippen LogP) is 2.42. The second kappa shape index (κ2) is 5.78. The van der Waals surface area contributed by atoms with Crippen molar-refractivity contribution in [3.63, 3.8) is 0 Å². The summed E-state index contributed by atoms with van der Waals surface area (Å²) in [5.41, 5.74) is 2.92. The molecule has 0 saturated carbocycles. The number of carbonyl (C=O) groups excluding carboxylic acids is 1. The van der Waals surface area contributed by atoms with Crippen LogP contribution in [-0.2, 0) is 17.6 Å². The molecular weight excluding hydrogens is 266 g/mol. The van der Waals surface area contributed by atoms with Gasteiger partial charge in [-0.25, -0.2) is 4.98 Å². The first kappa shape index (κ1) is 13.4. The van der Waals surface area contributed by atoms with Crippen LogP contribution in [0.25, 0.3) is 11.0 Å². The largest absolute Gasteiger partial charge is 0.342 e. The molecule has 0 unspecified atom stereocenters. The lowest BCUT2D eigenvalue weighted by atomic mass is 10.3. The van der Waals surface area contributed by atoms with Crippen LogP contribution in [0, 0.1) is 0 Å². The molecule has 0 aliphatic carbocycles. The highest BCUT2D eigenvalue weighted by atomic mass is 16.1. The highest BCUT2D eigenvalue weighted by molar-refractivity contribution is 5.89. The topological polar surface area (TPSA) is 86.5 Å². The van der Waals surface area contributed by atoms with E-state index in [2.05, 4.69) is 25.5 Å². The molecule has 2 heterocycles. The zero-order valence-electron chi connectivity index (χ0n) is 11.8. The van der Waals surface area contributed by atoms with Gasteiger partial charge in [0.1, 0.15) is 5.82 Å². The normalized spacial score (nSPS) is 10.9. The quantitative estimate of drug-likeness (QED) is 0.672. The lowest BCUT2D eigenvalue weighted by Gasteiger charge is -1.99. The van der Waals surface area contributed by atoms with Crippen LogP contribution in [0.4, 0.5) is 5.82 Å². The number of carbonyl (C=O) groups is 1. The molecule has 0 fully saturated rings. The van der Waals surface area contributed by atoms with Crippen LogP contribution < -0.4 is 5.32 Å². The number of nitrogens with zero attached hydrogens (tertiary/aromatic N) is 2. The molecule has 0 bridgehead atoms. The van der Waals surface area contributed by atoms with Gasteiger partial charge in [-0.15, -0.1) is 0 Å². The third-order valence-electron chi connectivity index (χ3n) is 3.31. The van der Waals surface area contributed by atoms with E-state index in [-0.39, 0.29) is 5.91 Å². The van der Waals surface area contributed by atoms with E-state index >= 15 is 0 Å². The van der Waals surface area contributed by atoms with Crippen molar-refractivity contribution in [1.29, 1.82) is 0 Å². The number of aromatic nitrogens is 4.